The van der Waals surface area contributed by atoms with Crippen LogP contribution in [0.2, 0.25) is 0 Å². The van der Waals surface area contributed by atoms with Crippen molar-refractivity contribution in [1.29, 1.82) is 0 Å². The monoisotopic (exact) mass is 452 g/mol. The molecule has 0 bridgehead atoms. The lowest BCUT2D eigenvalue weighted by atomic mass is 10.2. The lowest BCUT2D eigenvalue weighted by Gasteiger charge is -2.29. The molecule has 22 heavy (non-hydrogen) atoms. The van der Waals surface area contributed by atoms with Gasteiger partial charge in [0.2, 0.25) is 0 Å². The minimum atomic E-state index is 0. The summed E-state index contributed by atoms with van der Waals surface area (Å²) in [5.41, 5.74) is 6.20. The van der Waals surface area contributed by atoms with Gasteiger partial charge in [0.05, 0.1) is 12.6 Å². The van der Waals surface area contributed by atoms with Crippen LogP contribution in [0.4, 0.5) is 0 Å². The van der Waals surface area contributed by atoms with E-state index in [1.54, 1.807) is 0 Å². The Bertz CT molecular complexity index is 454. The Morgan fingerprint density at radius 3 is 2.59 bits per heavy atom. The lowest BCUT2D eigenvalue weighted by Crippen LogP contribution is -2.43. The van der Waals surface area contributed by atoms with E-state index in [1.807, 2.05) is 23.1 Å². The minimum Gasteiger partial charge on any atom is -0.370 e. The minimum absolute atomic E-state index is 0. The second-order valence-corrected chi connectivity index (χ2v) is 7.78. The molecule has 1 atom stereocenters. The largest absolute Gasteiger partial charge is 0.370 e. The van der Waals surface area contributed by atoms with E-state index in [0.29, 0.717) is 6.04 Å². The zero-order valence-corrected chi connectivity index (χ0v) is 16.8. The van der Waals surface area contributed by atoms with Crippen LogP contribution in [0.25, 0.3) is 0 Å². The summed E-state index contributed by atoms with van der Waals surface area (Å²) in [6.07, 6.45) is 2.62. The van der Waals surface area contributed by atoms with Crippen molar-refractivity contribution in [2.75, 3.05) is 44.2 Å². The van der Waals surface area contributed by atoms with Gasteiger partial charge in [-0.2, -0.15) is 11.8 Å². The molecular weight excluding hydrogens is 427 g/mol. The van der Waals surface area contributed by atoms with Gasteiger partial charge in [0.25, 0.3) is 0 Å². The van der Waals surface area contributed by atoms with Crippen LogP contribution in [0.3, 0.4) is 0 Å². The van der Waals surface area contributed by atoms with Gasteiger partial charge in [-0.05, 0) is 37.4 Å². The molecule has 124 valence electrons. The summed E-state index contributed by atoms with van der Waals surface area (Å²) >= 11 is 3.84. The van der Waals surface area contributed by atoms with Crippen LogP contribution < -0.4 is 5.73 Å². The number of likely N-dealkylation sites (tertiary alicyclic amines) is 1. The average molecular weight is 452 g/mol. The zero-order chi connectivity index (χ0) is 14.5. The molecule has 0 saturated carbocycles. The molecule has 1 unspecified atom stereocenters. The number of thioether (sulfide) groups is 1. The SMILES string of the molecule is I.NC(=NCC(c1cccs1)N1CCCC1)N1CCSCC1. The maximum Gasteiger partial charge on any atom is 0.191 e. The van der Waals surface area contributed by atoms with Gasteiger partial charge in [0.1, 0.15) is 0 Å². The summed E-state index contributed by atoms with van der Waals surface area (Å²) in [5.74, 6) is 3.06. The number of hydrogen-bond acceptors (Lipinski definition) is 4. The number of nitrogens with two attached hydrogens (primary N) is 1. The van der Waals surface area contributed by atoms with E-state index in [9.17, 15) is 0 Å². The molecule has 1 aromatic rings. The third kappa shape index (κ3) is 4.75. The summed E-state index contributed by atoms with van der Waals surface area (Å²) in [5, 5.41) is 2.16. The summed E-state index contributed by atoms with van der Waals surface area (Å²) in [6.45, 7) is 5.24. The second kappa shape index (κ2) is 9.34. The Balaban J connectivity index is 0.00000176. The molecule has 0 amide bonds. The molecule has 0 spiro atoms. The lowest BCUT2D eigenvalue weighted by molar-refractivity contribution is 0.254. The zero-order valence-electron chi connectivity index (χ0n) is 12.8. The Labute approximate surface area is 158 Å². The molecule has 2 aliphatic heterocycles. The predicted molar refractivity (Wildman–Crippen MR) is 109 cm³/mol. The van der Waals surface area contributed by atoms with Gasteiger partial charge < -0.3 is 10.6 Å². The maximum atomic E-state index is 6.20. The summed E-state index contributed by atoms with van der Waals surface area (Å²) in [6, 6.07) is 4.78. The molecule has 0 radical (unpaired) electrons. The van der Waals surface area contributed by atoms with Gasteiger partial charge in [-0.3, -0.25) is 9.89 Å². The molecule has 3 rings (SSSR count). The number of hydrogen-bond donors (Lipinski definition) is 1. The number of guanidine groups is 1. The molecule has 0 aromatic carbocycles. The standard InChI is InChI=1S/C15H24N4S2.HI/c16-15(19-7-10-20-11-8-19)17-12-13(14-4-3-9-21-14)18-5-1-2-6-18;/h3-4,9,13H,1-2,5-8,10-12H2,(H2,16,17);1H. The van der Waals surface area contributed by atoms with Crippen molar-refractivity contribution in [3.05, 3.63) is 22.4 Å². The quantitative estimate of drug-likeness (QED) is 0.434. The third-order valence-electron chi connectivity index (χ3n) is 4.21. The van der Waals surface area contributed by atoms with Crippen LogP contribution in [0.5, 0.6) is 0 Å². The highest BCUT2D eigenvalue weighted by Crippen LogP contribution is 2.28. The number of aliphatic imine (C=N–C) groups is 1. The first-order chi connectivity index (χ1) is 10.3. The first-order valence-electron chi connectivity index (χ1n) is 7.74. The molecule has 1 aromatic heterocycles. The fourth-order valence-corrected chi connectivity index (χ4v) is 4.75. The summed E-state index contributed by atoms with van der Waals surface area (Å²) in [7, 11) is 0. The van der Waals surface area contributed by atoms with Crippen LogP contribution in [0, 0.1) is 0 Å². The van der Waals surface area contributed by atoms with E-state index < -0.39 is 0 Å². The number of thiophene rings is 1. The highest BCUT2D eigenvalue weighted by molar-refractivity contribution is 14.0. The van der Waals surface area contributed by atoms with Gasteiger partial charge in [0.15, 0.2) is 5.96 Å². The third-order valence-corrected chi connectivity index (χ3v) is 6.13. The van der Waals surface area contributed by atoms with Gasteiger partial charge in [-0.15, -0.1) is 35.3 Å². The molecule has 3 heterocycles. The molecule has 2 N–H and O–H groups in total. The van der Waals surface area contributed by atoms with Crippen LogP contribution in [0.15, 0.2) is 22.5 Å². The van der Waals surface area contributed by atoms with Gasteiger partial charge in [-0.1, -0.05) is 6.07 Å². The smallest absolute Gasteiger partial charge is 0.191 e. The Morgan fingerprint density at radius 2 is 1.95 bits per heavy atom. The molecule has 0 aliphatic carbocycles. The van der Waals surface area contributed by atoms with Gasteiger partial charge in [0, 0.05) is 29.5 Å². The normalized spacial score (nSPS) is 21.6. The average Bonchev–Trinajstić information content (AvgIpc) is 3.22. The fraction of sp³-hybridized carbons (Fsp3) is 0.667. The molecule has 2 saturated heterocycles. The van der Waals surface area contributed by atoms with Crippen LogP contribution >= 0.6 is 47.1 Å². The highest BCUT2D eigenvalue weighted by atomic mass is 127. The van der Waals surface area contributed by atoms with Gasteiger partial charge in [-0.25, -0.2) is 0 Å². The van der Waals surface area contributed by atoms with Crippen molar-refractivity contribution in [3.8, 4) is 0 Å². The summed E-state index contributed by atoms with van der Waals surface area (Å²) < 4.78 is 0. The molecule has 7 heteroatoms. The molecular formula is C15H25IN4S2. The number of nitrogens with zero attached hydrogens (tertiary/aromatic N) is 3. The van der Waals surface area contributed by atoms with Crippen LogP contribution in [0.1, 0.15) is 23.8 Å². The number of rotatable bonds is 4. The van der Waals surface area contributed by atoms with Crippen molar-refractivity contribution in [3.63, 3.8) is 0 Å². The van der Waals surface area contributed by atoms with E-state index in [4.69, 9.17) is 10.7 Å². The van der Waals surface area contributed by atoms with Crippen LogP contribution in [-0.4, -0.2) is 60.0 Å². The Hall–Kier alpha value is 0.01000. The van der Waals surface area contributed by atoms with Crippen molar-refractivity contribution < 1.29 is 0 Å². The van der Waals surface area contributed by atoms with Crippen molar-refractivity contribution in [1.82, 2.24) is 9.80 Å². The van der Waals surface area contributed by atoms with Gasteiger partial charge >= 0.3 is 0 Å². The second-order valence-electron chi connectivity index (χ2n) is 5.57. The summed E-state index contributed by atoms with van der Waals surface area (Å²) in [4.78, 5) is 10.9. The number of halogens is 1. The van der Waals surface area contributed by atoms with E-state index in [2.05, 4.69) is 27.3 Å². The molecule has 4 nitrogen and oxygen atoms in total. The first-order valence-corrected chi connectivity index (χ1v) is 9.78. The van der Waals surface area contributed by atoms with Crippen LogP contribution in [-0.2, 0) is 0 Å². The Kier molecular flexibility index (Phi) is 7.79. The Morgan fingerprint density at radius 1 is 1.23 bits per heavy atom. The topological polar surface area (TPSA) is 44.9 Å². The van der Waals surface area contributed by atoms with Crippen molar-refractivity contribution >= 4 is 53.0 Å². The van der Waals surface area contributed by atoms with Crippen molar-refractivity contribution in [2.24, 2.45) is 10.7 Å². The highest BCUT2D eigenvalue weighted by Gasteiger charge is 2.24. The first kappa shape index (κ1) is 18.4. The van der Waals surface area contributed by atoms with E-state index in [1.165, 1.54) is 30.8 Å². The predicted octanol–water partition coefficient (Wildman–Crippen LogP) is 2.87. The van der Waals surface area contributed by atoms with E-state index in [-0.39, 0.29) is 24.0 Å². The molecule has 2 aliphatic rings. The fourth-order valence-electron chi connectivity index (χ4n) is 2.99. The molecule has 2 fully saturated rings. The van der Waals surface area contributed by atoms with E-state index >= 15 is 0 Å². The maximum absolute atomic E-state index is 6.20. The van der Waals surface area contributed by atoms with Crippen molar-refractivity contribution in [2.45, 2.75) is 18.9 Å². The van der Waals surface area contributed by atoms with E-state index in [0.717, 1.165) is 37.1 Å².